The van der Waals surface area contributed by atoms with Crippen molar-refractivity contribution >= 4 is 5.91 Å². The van der Waals surface area contributed by atoms with Crippen molar-refractivity contribution in [3.8, 4) is 0 Å². The third-order valence-corrected chi connectivity index (χ3v) is 2.70. The number of carbonyl (C=O) groups excluding carboxylic acids is 1. The van der Waals surface area contributed by atoms with Crippen molar-refractivity contribution in [3.63, 3.8) is 0 Å². The minimum atomic E-state index is 0.352. The van der Waals surface area contributed by atoms with E-state index >= 15 is 0 Å². The molecule has 2 nitrogen and oxygen atoms in total. The summed E-state index contributed by atoms with van der Waals surface area (Å²) in [5, 5.41) is 0. The minimum Gasteiger partial charge on any atom is -0.343 e. The molecule has 1 fully saturated rings. The lowest BCUT2D eigenvalue weighted by Gasteiger charge is -2.13. The summed E-state index contributed by atoms with van der Waals surface area (Å²) in [6.45, 7) is 6.11. The first-order chi connectivity index (χ1) is 5.79. The molecule has 0 bridgehead atoms. The van der Waals surface area contributed by atoms with E-state index in [1.54, 1.807) is 0 Å². The van der Waals surface area contributed by atoms with E-state index in [4.69, 9.17) is 0 Å². The molecular formula is C10H19NO. The highest BCUT2D eigenvalue weighted by molar-refractivity contribution is 5.80. The first kappa shape index (κ1) is 9.56. The molecule has 1 rings (SSSR count). The van der Waals surface area contributed by atoms with Crippen LogP contribution in [-0.4, -0.2) is 23.9 Å². The molecule has 1 amide bonds. The Morgan fingerprint density at radius 3 is 2.75 bits per heavy atom. The second-order valence-corrected chi connectivity index (χ2v) is 3.55. The van der Waals surface area contributed by atoms with Gasteiger partial charge in [0.15, 0.2) is 0 Å². The Labute approximate surface area is 74.9 Å². The van der Waals surface area contributed by atoms with Crippen LogP contribution in [0.25, 0.3) is 0 Å². The smallest absolute Gasteiger partial charge is 0.225 e. The number of likely N-dealkylation sites (tertiary alicyclic amines) is 1. The highest BCUT2D eigenvalue weighted by Gasteiger charge is 2.29. The van der Waals surface area contributed by atoms with Gasteiger partial charge < -0.3 is 4.90 Å². The summed E-state index contributed by atoms with van der Waals surface area (Å²) in [7, 11) is 0. The summed E-state index contributed by atoms with van der Waals surface area (Å²) >= 11 is 0. The zero-order valence-electron chi connectivity index (χ0n) is 8.18. The summed E-state index contributed by atoms with van der Waals surface area (Å²) < 4.78 is 0. The zero-order chi connectivity index (χ0) is 8.97. The molecule has 0 radical (unpaired) electrons. The predicted molar refractivity (Wildman–Crippen MR) is 49.9 cm³/mol. The van der Waals surface area contributed by atoms with Gasteiger partial charge in [-0.25, -0.2) is 0 Å². The lowest BCUT2D eigenvalue weighted by molar-refractivity contribution is -0.130. The second-order valence-electron chi connectivity index (χ2n) is 3.55. The number of unbranched alkanes of at least 4 members (excludes halogenated alkanes) is 1. The largest absolute Gasteiger partial charge is 0.343 e. The van der Waals surface area contributed by atoms with E-state index in [2.05, 4.69) is 13.8 Å². The van der Waals surface area contributed by atoms with Gasteiger partial charge >= 0.3 is 0 Å². The number of hydrogen-bond donors (Lipinski definition) is 0. The van der Waals surface area contributed by atoms with Gasteiger partial charge in [-0.3, -0.25) is 4.79 Å². The lowest BCUT2D eigenvalue weighted by Crippen LogP contribution is -2.26. The third kappa shape index (κ3) is 1.99. The fourth-order valence-electron chi connectivity index (χ4n) is 1.84. The predicted octanol–water partition coefficient (Wildman–Crippen LogP) is 2.04. The van der Waals surface area contributed by atoms with Crippen LogP contribution >= 0.6 is 0 Å². The maximum absolute atomic E-state index is 11.6. The molecular weight excluding hydrogens is 150 g/mol. The van der Waals surface area contributed by atoms with Gasteiger partial charge in [0.2, 0.25) is 5.91 Å². The van der Waals surface area contributed by atoms with E-state index in [9.17, 15) is 4.79 Å². The van der Waals surface area contributed by atoms with Crippen molar-refractivity contribution in [2.45, 2.75) is 39.5 Å². The molecule has 1 aliphatic heterocycles. The van der Waals surface area contributed by atoms with E-state index < -0.39 is 0 Å². The lowest BCUT2D eigenvalue weighted by atomic mass is 10.0. The van der Waals surface area contributed by atoms with Crippen LogP contribution in [0.3, 0.4) is 0 Å². The normalized spacial score (nSPS) is 23.7. The minimum absolute atomic E-state index is 0.352. The number of nitrogens with zero attached hydrogens (tertiary/aromatic N) is 1. The van der Waals surface area contributed by atoms with Crippen LogP contribution in [0.4, 0.5) is 0 Å². The zero-order valence-corrected chi connectivity index (χ0v) is 8.18. The number of carbonyl (C=O) groups is 1. The van der Waals surface area contributed by atoms with Gasteiger partial charge in [0.05, 0.1) is 0 Å². The molecule has 2 heteroatoms. The summed E-state index contributed by atoms with van der Waals surface area (Å²) in [4.78, 5) is 13.5. The van der Waals surface area contributed by atoms with Crippen molar-refractivity contribution in [1.82, 2.24) is 4.90 Å². The van der Waals surface area contributed by atoms with Crippen LogP contribution in [-0.2, 0) is 4.79 Å². The van der Waals surface area contributed by atoms with Gasteiger partial charge in [-0.1, -0.05) is 19.8 Å². The Morgan fingerprint density at radius 1 is 1.50 bits per heavy atom. The van der Waals surface area contributed by atoms with Crippen molar-refractivity contribution in [1.29, 1.82) is 0 Å². The molecule has 0 aromatic rings. The van der Waals surface area contributed by atoms with Crippen molar-refractivity contribution in [2.75, 3.05) is 13.1 Å². The van der Waals surface area contributed by atoms with Gasteiger partial charge in [-0.2, -0.15) is 0 Å². The average molecular weight is 169 g/mol. The first-order valence-electron chi connectivity index (χ1n) is 5.08. The van der Waals surface area contributed by atoms with E-state index in [-0.39, 0.29) is 0 Å². The van der Waals surface area contributed by atoms with E-state index in [0.717, 1.165) is 25.9 Å². The molecule has 0 N–H and O–H groups in total. The fourth-order valence-corrected chi connectivity index (χ4v) is 1.84. The SMILES string of the molecule is CCCCC1CCN(CC)C1=O. The molecule has 0 spiro atoms. The van der Waals surface area contributed by atoms with Gasteiger partial charge in [-0.05, 0) is 19.8 Å². The Bertz CT molecular complexity index is 156. The Morgan fingerprint density at radius 2 is 2.25 bits per heavy atom. The first-order valence-corrected chi connectivity index (χ1v) is 5.08. The fraction of sp³-hybridized carbons (Fsp3) is 0.900. The van der Waals surface area contributed by atoms with Crippen LogP contribution < -0.4 is 0 Å². The summed E-state index contributed by atoms with van der Waals surface area (Å²) in [6.07, 6.45) is 4.60. The van der Waals surface area contributed by atoms with Crippen molar-refractivity contribution < 1.29 is 4.79 Å². The number of rotatable bonds is 4. The van der Waals surface area contributed by atoms with Crippen molar-refractivity contribution in [2.24, 2.45) is 5.92 Å². The van der Waals surface area contributed by atoms with E-state index in [0.29, 0.717) is 11.8 Å². The highest BCUT2D eigenvalue weighted by Crippen LogP contribution is 2.22. The van der Waals surface area contributed by atoms with Gasteiger partial charge in [0.25, 0.3) is 0 Å². The van der Waals surface area contributed by atoms with Crippen LogP contribution in [0, 0.1) is 5.92 Å². The van der Waals surface area contributed by atoms with Crippen LogP contribution in [0.5, 0.6) is 0 Å². The van der Waals surface area contributed by atoms with Gasteiger partial charge in [0, 0.05) is 19.0 Å². The molecule has 0 saturated carbocycles. The summed E-state index contributed by atoms with van der Waals surface area (Å²) in [5.41, 5.74) is 0. The molecule has 12 heavy (non-hydrogen) atoms. The average Bonchev–Trinajstić information content (AvgIpc) is 2.43. The standard InChI is InChI=1S/C10H19NO/c1-3-5-6-9-7-8-11(4-2)10(9)12/h9H,3-8H2,1-2H3. The second kappa shape index (κ2) is 4.48. The molecule has 0 aromatic carbocycles. The third-order valence-electron chi connectivity index (χ3n) is 2.70. The molecule has 1 saturated heterocycles. The maximum atomic E-state index is 11.6. The van der Waals surface area contributed by atoms with Crippen LogP contribution in [0.15, 0.2) is 0 Å². The van der Waals surface area contributed by atoms with Gasteiger partial charge in [-0.15, -0.1) is 0 Å². The van der Waals surface area contributed by atoms with Crippen LogP contribution in [0.2, 0.25) is 0 Å². The molecule has 0 aliphatic carbocycles. The Balaban J connectivity index is 2.33. The van der Waals surface area contributed by atoms with E-state index in [1.807, 2.05) is 4.90 Å². The monoisotopic (exact) mass is 169 g/mol. The number of amides is 1. The quantitative estimate of drug-likeness (QED) is 0.630. The summed E-state index contributed by atoms with van der Waals surface area (Å²) in [6, 6.07) is 0. The molecule has 1 heterocycles. The van der Waals surface area contributed by atoms with E-state index in [1.165, 1.54) is 12.8 Å². The number of hydrogen-bond acceptors (Lipinski definition) is 1. The topological polar surface area (TPSA) is 20.3 Å². The Kier molecular flexibility index (Phi) is 3.57. The highest BCUT2D eigenvalue weighted by atomic mass is 16.2. The summed E-state index contributed by atoms with van der Waals surface area (Å²) in [5.74, 6) is 0.746. The molecule has 1 atom stereocenters. The van der Waals surface area contributed by atoms with Crippen LogP contribution in [0.1, 0.15) is 39.5 Å². The Hall–Kier alpha value is -0.530. The molecule has 1 aliphatic rings. The van der Waals surface area contributed by atoms with Gasteiger partial charge in [0.1, 0.15) is 0 Å². The maximum Gasteiger partial charge on any atom is 0.225 e. The molecule has 1 unspecified atom stereocenters. The molecule has 0 aromatic heterocycles. The van der Waals surface area contributed by atoms with Crippen molar-refractivity contribution in [3.05, 3.63) is 0 Å². The molecule has 70 valence electrons.